The minimum Gasteiger partial charge on any atom is -0.333 e. The minimum absolute atomic E-state index is 0.125. The van der Waals surface area contributed by atoms with Crippen LogP contribution in [0.5, 0.6) is 0 Å². The summed E-state index contributed by atoms with van der Waals surface area (Å²) in [5.41, 5.74) is 0.0572. The highest BCUT2D eigenvalue weighted by atomic mass is 32.1. The first kappa shape index (κ1) is 27.5. The maximum atomic E-state index is 15.5. The zero-order valence-corrected chi connectivity index (χ0v) is 22.3. The van der Waals surface area contributed by atoms with Crippen molar-refractivity contribution in [2.75, 3.05) is 27.2 Å². The van der Waals surface area contributed by atoms with Gasteiger partial charge in [0.05, 0.1) is 6.54 Å². The van der Waals surface area contributed by atoms with Crippen LogP contribution in [-0.2, 0) is 24.1 Å². The van der Waals surface area contributed by atoms with E-state index in [2.05, 4.69) is 11.2 Å². The Morgan fingerprint density at radius 1 is 1.34 bits per heavy atom. The summed E-state index contributed by atoms with van der Waals surface area (Å²) in [6.07, 6.45) is -0.385. The average molecular weight is 546 g/mol. The van der Waals surface area contributed by atoms with Crippen molar-refractivity contribution < 1.29 is 22.4 Å². The van der Waals surface area contributed by atoms with Crippen LogP contribution in [0.1, 0.15) is 45.0 Å². The van der Waals surface area contributed by atoms with Crippen LogP contribution in [0.2, 0.25) is 0 Å². The largest absolute Gasteiger partial charge is 0.435 e. The normalized spacial score (nSPS) is 15.8. The third kappa shape index (κ3) is 5.24. The van der Waals surface area contributed by atoms with Crippen molar-refractivity contribution in [2.45, 2.75) is 39.0 Å². The standard InChI is InChI=1S/C27H27F4N5OS/c1-5-36-14-19(26(33-36)27(29,30)31)25-17(8-6-9-20(25)28)18-13-35(23(37)10-7-11-34(3)4)15-22-24(18)16(2)21(12-32)38-22/h6-10,14,18H,5,11,13,15H2,1-4H3/b10-7-/t18-/m0/s1. The van der Waals surface area contributed by atoms with Crippen molar-refractivity contribution in [1.29, 1.82) is 5.26 Å². The van der Waals surface area contributed by atoms with Crippen LogP contribution in [0.15, 0.2) is 36.5 Å². The van der Waals surface area contributed by atoms with E-state index >= 15 is 4.39 Å². The fourth-order valence-corrected chi connectivity index (χ4v) is 5.98. The Labute approximate surface area is 222 Å². The Morgan fingerprint density at radius 3 is 2.71 bits per heavy atom. The molecule has 38 heavy (non-hydrogen) atoms. The van der Waals surface area contributed by atoms with Gasteiger partial charge in [-0.15, -0.1) is 11.3 Å². The molecular formula is C27H27F4N5OS. The van der Waals surface area contributed by atoms with Crippen molar-refractivity contribution in [3.05, 3.63) is 74.5 Å². The van der Waals surface area contributed by atoms with Gasteiger partial charge >= 0.3 is 6.18 Å². The predicted octanol–water partition coefficient (Wildman–Crippen LogP) is 5.56. The van der Waals surface area contributed by atoms with E-state index in [0.29, 0.717) is 22.5 Å². The first-order valence-corrected chi connectivity index (χ1v) is 12.8. The molecule has 0 saturated carbocycles. The van der Waals surface area contributed by atoms with Crippen molar-refractivity contribution in [3.63, 3.8) is 0 Å². The van der Waals surface area contributed by atoms with E-state index in [-0.39, 0.29) is 36.7 Å². The van der Waals surface area contributed by atoms with Crippen LogP contribution in [-0.4, -0.2) is 52.7 Å². The van der Waals surface area contributed by atoms with E-state index in [1.165, 1.54) is 29.7 Å². The molecule has 0 bridgehead atoms. The third-order valence-electron chi connectivity index (χ3n) is 6.55. The molecule has 11 heteroatoms. The summed E-state index contributed by atoms with van der Waals surface area (Å²) in [5.74, 6) is -1.72. The lowest BCUT2D eigenvalue weighted by Gasteiger charge is -2.34. The highest BCUT2D eigenvalue weighted by Gasteiger charge is 2.40. The Kier molecular flexibility index (Phi) is 7.76. The number of aromatic nitrogens is 2. The fraction of sp³-hybridized carbons (Fsp3) is 0.370. The van der Waals surface area contributed by atoms with Gasteiger partial charge in [0.2, 0.25) is 5.91 Å². The van der Waals surface area contributed by atoms with Gasteiger partial charge in [-0.2, -0.15) is 23.5 Å². The average Bonchev–Trinajstić information content (AvgIpc) is 3.44. The molecule has 0 radical (unpaired) electrons. The molecule has 0 saturated heterocycles. The van der Waals surface area contributed by atoms with Crippen LogP contribution in [0.25, 0.3) is 11.1 Å². The van der Waals surface area contributed by atoms with Crippen molar-refractivity contribution in [1.82, 2.24) is 19.6 Å². The maximum Gasteiger partial charge on any atom is 0.435 e. The summed E-state index contributed by atoms with van der Waals surface area (Å²) >= 11 is 1.25. The van der Waals surface area contributed by atoms with Gasteiger partial charge in [0.1, 0.15) is 16.8 Å². The molecular weight excluding hydrogens is 518 g/mol. The van der Waals surface area contributed by atoms with Crippen molar-refractivity contribution >= 4 is 17.2 Å². The number of thiophene rings is 1. The lowest BCUT2D eigenvalue weighted by atomic mass is 9.81. The van der Waals surface area contributed by atoms with E-state index in [1.807, 2.05) is 19.0 Å². The Morgan fingerprint density at radius 2 is 2.08 bits per heavy atom. The number of likely N-dealkylation sites (N-methyl/N-ethyl adjacent to an activating group) is 1. The topological polar surface area (TPSA) is 65.2 Å². The molecule has 6 nitrogen and oxygen atoms in total. The van der Waals surface area contributed by atoms with Crippen molar-refractivity contribution in [2.24, 2.45) is 0 Å². The molecule has 4 rings (SSSR count). The summed E-state index contributed by atoms with van der Waals surface area (Å²) in [6, 6.07) is 6.34. The lowest BCUT2D eigenvalue weighted by molar-refractivity contribution is -0.141. The summed E-state index contributed by atoms with van der Waals surface area (Å²) in [5, 5.41) is 13.3. The van der Waals surface area contributed by atoms with Crippen LogP contribution in [0, 0.1) is 24.1 Å². The van der Waals surface area contributed by atoms with Crippen LogP contribution in [0.3, 0.4) is 0 Å². The minimum atomic E-state index is -4.79. The molecule has 0 unspecified atom stereocenters. The predicted molar refractivity (Wildman–Crippen MR) is 137 cm³/mol. The number of nitrogens with zero attached hydrogens (tertiary/aromatic N) is 5. The van der Waals surface area contributed by atoms with Gasteiger partial charge < -0.3 is 9.80 Å². The molecule has 1 aliphatic rings. The summed E-state index contributed by atoms with van der Waals surface area (Å²) < 4.78 is 58.6. The van der Waals surface area contributed by atoms with E-state index in [9.17, 15) is 23.2 Å². The highest BCUT2D eigenvalue weighted by molar-refractivity contribution is 7.12. The number of rotatable bonds is 6. The first-order chi connectivity index (χ1) is 18.0. The van der Waals surface area contributed by atoms with Gasteiger partial charge in [0, 0.05) is 53.8 Å². The number of alkyl halides is 3. The quantitative estimate of drug-likeness (QED) is 0.301. The highest BCUT2D eigenvalue weighted by Crippen LogP contribution is 2.46. The van der Waals surface area contributed by atoms with Crippen molar-refractivity contribution in [3.8, 4) is 17.2 Å². The number of hydrogen-bond donors (Lipinski definition) is 0. The van der Waals surface area contributed by atoms with E-state index in [1.54, 1.807) is 30.9 Å². The Balaban J connectivity index is 1.90. The number of fused-ring (bicyclic) bond motifs is 1. The smallest absolute Gasteiger partial charge is 0.333 e. The van der Waals surface area contributed by atoms with Gasteiger partial charge in [-0.25, -0.2) is 4.39 Å². The lowest BCUT2D eigenvalue weighted by Crippen LogP contribution is -2.37. The van der Waals surface area contributed by atoms with Gasteiger partial charge in [0.15, 0.2) is 5.69 Å². The fourth-order valence-electron chi connectivity index (χ4n) is 4.80. The molecule has 2 aromatic heterocycles. The second-order valence-electron chi connectivity index (χ2n) is 9.39. The molecule has 1 atom stereocenters. The van der Waals surface area contributed by atoms with Gasteiger partial charge in [-0.1, -0.05) is 18.2 Å². The second-order valence-corrected chi connectivity index (χ2v) is 10.5. The van der Waals surface area contributed by atoms with E-state index in [4.69, 9.17) is 0 Å². The molecule has 200 valence electrons. The van der Waals surface area contributed by atoms with Gasteiger partial charge in [-0.05, 0) is 50.7 Å². The number of hydrogen-bond acceptors (Lipinski definition) is 5. The number of carbonyl (C=O) groups excluding carboxylic acids is 1. The molecule has 0 spiro atoms. The Hall–Kier alpha value is -3.49. The molecule has 1 aromatic carbocycles. The van der Waals surface area contributed by atoms with Gasteiger partial charge in [0.25, 0.3) is 0 Å². The molecule has 3 aromatic rings. The number of nitriles is 1. The zero-order chi connectivity index (χ0) is 27.8. The summed E-state index contributed by atoms with van der Waals surface area (Å²) in [7, 11) is 3.74. The molecule has 1 amide bonds. The number of aryl methyl sites for hydroxylation is 1. The summed E-state index contributed by atoms with van der Waals surface area (Å²) in [6.45, 7) is 4.55. The van der Waals surface area contributed by atoms with Gasteiger partial charge in [-0.3, -0.25) is 9.48 Å². The zero-order valence-electron chi connectivity index (χ0n) is 21.4. The van der Waals surface area contributed by atoms with Crippen LogP contribution < -0.4 is 0 Å². The third-order valence-corrected chi connectivity index (χ3v) is 7.74. The molecule has 3 heterocycles. The van der Waals surface area contributed by atoms with E-state index < -0.39 is 23.6 Å². The second kappa shape index (κ2) is 10.7. The van der Waals surface area contributed by atoms with Crippen LogP contribution in [0.4, 0.5) is 17.6 Å². The maximum absolute atomic E-state index is 15.5. The SMILES string of the molecule is CCn1cc(-c2c(F)cccc2[C@@H]2CN(C(=O)/C=C\CN(C)C)Cc3sc(C#N)c(C)c32)c(C(F)(F)F)n1. The first-order valence-electron chi connectivity index (χ1n) is 12.0. The molecule has 0 aliphatic carbocycles. The summed E-state index contributed by atoms with van der Waals surface area (Å²) in [4.78, 5) is 17.8. The number of carbonyl (C=O) groups is 1. The number of halogens is 4. The Bertz CT molecular complexity index is 1430. The monoisotopic (exact) mass is 545 g/mol. The molecule has 0 N–H and O–H groups in total. The van der Waals surface area contributed by atoms with E-state index in [0.717, 1.165) is 21.2 Å². The molecule has 0 fully saturated rings. The number of amides is 1. The molecule has 1 aliphatic heterocycles. The van der Waals surface area contributed by atoms with Crippen LogP contribution >= 0.6 is 11.3 Å². The number of benzene rings is 1.